The van der Waals surface area contributed by atoms with Crippen LogP contribution in [-0.4, -0.2) is 53.1 Å². The van der Waals surface area contributed by atoms with Crippen LogP contribution >= 0.6 is 0 Å². The van der Waals surface area contributed by atoms with Crippen LogP contribution in [0.4, 0.5) is 0 Å². The van der Waals surface area contributed by atoms with Gasteiger partial charge in [0, 0.05) is 40.0 Å². The Morgan fingerprint density at radius 2 is 1.83 bits per heavy atom. The molecule has 0 heterocycles. The number of nitrogens with zero attached hydrogens (tertiary/aromatic N) is 1. The molecule has 1 fully saturated rings. The highest BCUT2D eigenvalue weighted by Crippen LogP contribution is 2.40. The Kier molecular flexibility index (Phi) is 10.9. The number of hydrogen-bond donors (Lipinski definition) is 2. The number of guanidine groups is 1. The molecular formula is C23H39N3O3. The topological polar surface area (TPSA) is 64.1 Å². The van der Waals surface area contributed by atoms with E-state index in [4.69, 9.17) is 19.2 Å². The van der Waals surface area contributed by atoms with Crippen LogP contribution in [0.3, 0.4) is 0 Å². The number of methoxy groups -OCH3 is 2. The maximum atomic E-state index is 5.44. The average molecular weight is 406 g/mol. The molecule has 1 aromatic rings. The van der Waals surface area contributed by atoms with Crippen molar-refractivity contribution in [2.45, 2.75) is 52.0 Å². The molecule has 0 saturated heterocycles. The highest BCUT2D eigenvalue weighted by atomic mass is 16.5. The zero-order chi connectivity index (χ0) is 20.8. The molecule has 0 aliphatic heterocycles. The SMILES string of the molecule is CCOCCCNC(=NCc1ccc(OC)cc1)NCC1(CCOC)CCCC1. The summed E-state index contributed by atoms with van der Waals surface area (Å²) in [5, 5.41) is 7.08. The third-order valence-electron chi connectivity index (χ3n) is 5.67. The number of benzene rings is 1. The molecule has 2 rings (SSSR count). The fraction of sp³-hybridized carbons (Fsp3) is 0.696. The third kappa shape index (κ3) is 8.62. The van der Waals surface area contributed by atoms with Crippen molar-refractivity contribution < 1.29 is 14.2 Å². The third-order valence-corrected chi connectivity index (χ3v) is 5.67. The van der Waals surface area contributed by atoms with Crippen LogP contribution in [0.15, 0.2) is 29.3 Å². The lowest BCUT2D eigenvalue weighted by atomic mass is 9.83. The minimum absolute atomic E-state index is 0.323. The van der Waals surface area contributed by atoms with E-state index in [1.165, 1.54) is 25.7 Å². The molecule has 6 nitrogen and oxygen atoms in total. The Balaban J connectivity index is 1.94. The van der Waals surface area contributed by atoms with E-state index < -0.39 is 0 Å². The number of ether oxygens (including phenoxy) is 3. The molecule has 1 aliphatic rings. The molecule has 29 heavy (non-hydrogen) atoms. The Morgan fingerprint density at radius 1 is 1.07 bits per heavy atom. The molecule has 164 valence electrons. The standard InChI is InChI=1S/C23H39N3O3/c1-4-29-16-7-15-24-22(25-18-20-8-10-21(28-3)11-9-20)26-19-23(14-17-27-2)12-5-6-13-23/h8-11H,4-7,12-19H2,1-3H3,(H2,24,25,26). The lowest BCUT2D eigenvalue weighted by Crippen LogP contribution is -2.44. The zero-order valence-electron chi connectivity index (χ0n) is 18.5. The lowest BCUT2D eigenvalue weighted by Gasteiger charge is -2.30. The molecule has 0 unspecified atom stereocenters. The lowest BCUT2D eigenvalue weighted by molar-refractivity contribution is 0.138. The van der Waals surface area contributed by atoms with Gasteiger partial charge in [-0.05, 0) is 55.7 Å². The molecule has 1 aromatic carbocycles. The molecule has 0 bridgehead atoms. The van der Waals surface area contributed by atoms with Gasteiger partial charge in [0.15, 0.2) is 5.96 Å². The zero-order valence-corrected chi connectivity index (χ0v) is 18.5. The fourth-order valence-corrected chi connectivity index (χ4v) is 3.83. The maximum absolute atomic E-state index is 5.44. The van der Waals surface area contributed by atoms with E-state index in [0.29, 0.717) is 12.0 Å². The van der Waals surface area contributed by atoms with E-state index >= 15 is 0 Å². The van der Waals surface area contributed by atoms with Gasteiger partial charge in [0.05, 0.1) is 13.7 Å². The van der Waals surface area contributed by atoms with Crippen molar-refractivity contribution in [2.75, 3.05) is 47.1 Å². The summed E-state index contributed by atoms with van der Waals surface area (Å²) in [6, 6.07) is 8.08. The van der Waals surface area contributed by atoms with Crippen molar-refractivity contribution in [1.82, 2.24) is 10.6 Å². The van der Waals surface area contributed by atoms with Gasteiger partial charge in [-0.25, -0.2) is 4.99 Å². The summed E-state index contributed by atoms with van der Waals surface area (Å²) in [4.78, 5) is 4.82. The second-order valence-electron chi connectivity index (χ2n) is 7.79. The van der Waals surface area contributed by atoms with E-state index in [-0.39, 0.29) is 0 Å². The molecule has 0 spiro atoms. The van der Waals surface area contributed by atoms with E-state index in [2.05, 4.69) is 22.8 Å². The summed E-state index contributed by atoms with van der Waals surface area (Å²) in [5.41, 5.74) is 1.49. The second-order valence-corrected chi connectivity index (χ2v) is 7.79. The van der Waals surface area contributed by atoms with Crippen LogP contribution in [0.2, 0.25) is 0 Å². The van der Waals surface area contributed by atoms with Crippen LogP contribution < -0.4 is 15.4 Å². The first-order valence-electron chi connectivity index (χ1n) is 10.9. The summed E-state index contributed by atoms with van der Waals surface area (Å²) in [6.07, 6.45) is 7.22. The Bertz CT molecular complexity index is 584. The van der Waals surface area contributed by atoms with Crippen LogP contribution in [0, 0.1) is 5.41 Å². The van der Waals surface area contributed by atoms with Gasteiger partial charge >= 0.3 is 0 Å². The number of nitrogens with one attached hydrogen (secondary N) is 2. The molecule has 0 aromatic heterocycles. The largest absolute Gasteiger partial charge is 0.497 e. The summed E-state index contributed by atoms with van der Waals surface area (Å²) in [5.74, 6) is 1.74. The van der Waals surface area contributed by atoms with Crippen molar-refractivity contribution >= 4 is 5.96 Å². The molecule has 2 N–H and O–H groups in total. The van der Waals surface area contributed by atoms with Crippen molar-refractivity contribution in [3.05, 3.63) is 29.8 Å². The van der Waals surface area contributed by atoms with Gasteiger partial charge in [-0.1, -0.05) is 25.0 Å². The molecule has 1 saturated carbocycles. The molecular weight excluding hydrogens is 366 g/mol. The first-order valence-corrected chi connectivity index (χ1v) is 10.9. The summed E-state index contributed by atoms with van der Waals surface area (Å²) >= 11 is 0. The summed E-state index contributed by atoms with van der Waals surface area (Å²) < 4.78 is 16.0. The monoisotopic (exact) mass is 405 g/mol. The number of hydrogen-bond acceptors (Lipinski definition) is 4. The van der Waals surface area contributed by atoms with Crippen LogP contribution in [-0.2, 0) is 16.0 Å². The molecule has 1 aliphatic carbocycles. The minimum atomic E-state index is 0.323. The average Bonchev–Trinajstić information content (AvgIpc) is 3.23. The van der Waals surface area contributed by atoms with Gasteiger partial charge in [0.1, 0.15) is 5.75 Å². The van der Waals surface area contributed by atoms with Crippen molar-refractivity contribution in [3.63, 3.8) is 0 Å². The van der Waals surface area contributed by atoms with Gasteiger partial charge in [0.2, 0.25) is 0 Å². The first-order chi connectivity index (χ1) is 14.2. The van der Waals surface area contributed by atoms with Gasteiger partial charge in [-0.2, -0.15) is 0 Å². The summed E-state index contributed by atoms with van der Waals surface area (Å²) in [6.45, 7) is 6.80. The van der Waals surface area contributed by atoms with Crippen LogP contribution in [0.5, 0.6) is 5.75 Å². The van der Waals surface area contributed by atoms with E-state index in [1.807, 2.05) is 19.1 Å². The van der Waals surface area contributed by atoms with E-state index in [9.17, 15) is 0 Å². The summed E-state index contributed by atoms with van der Waals surface area (Å²) in [7, 11) is 3.47. The van der Waals surface area contributed by atoms with Gasteiger partial charge in [-0.15, -0.1) is 0 Å². The number of rotatable bonds is 13. The Morgan fingerprint density at radius 3 is 2.48 bits per heavy atom. The van der Waals surface area contributed by atoms with Gasteiger partial charge < -0.3 is 24.8 Å². The molecule has 0 radical (unpaired) electrons. The highest BCUT2D eigenvalue weighted by Gasteiger charge is 2.33. The first kappa shape index (κ1) is 23.5. The van der Waals surface area contributed by atoms with Gasteiger partial charge in [0.25, 0.3) is 0 Å². The van der Waals surface area contributed by atoms with Crippen LogP contribution in [0.1, 0.15) is 51.0 Å². The minimum Gasteiger partial charge on any atom is -0.497 e. The second kappa shape index (κ2) is 13.4. The van der Waals surface area contributed by atoms with Crippen molar-refractivity contribution in [1.29, 1.82) is 0 Å². The fourth-order valence-electron chi connectivity index (χ4n) is 3.83. The van der Waals surface area contributed by atoms with Crippen molar-refractivity contribution in [2.24, 2.45) is 10.4 Å². The predicted molar refractivity (Wildman–Crippen MR) is 119 cm³/mol. The maximum Gasteiger partial charge on any atom is 0.191 e. The Labute approximate surface area is 176 Å². The predicted octanol–water partition coefficient (Wildman–Crippen LogP) is 3.75. The van der Waals surface area contributed by atoms with Crippen molar-refractivity contribution in [3.8, 4) is 5.75 Å². The number of aliphatic imine (C=N–C) groups is 1. The highest BCUT2D eigenvalue weighted by molar-refractivity contribution is 5.79. The van der Waals surface area contributed by atoms with Crippen LogP contribution in [0.25, 0.3) is 0 Å². The molecule has 0 atom stereocenters. The molecule has 0 amide bonds. The van der Waals surface area contributed by atoms with Gasteiger partial charge in [-0.3, -0.25) is 0 Å². The molecule has 6 heteroatoms. The Hall–Kier alpha value is -1.79. The quantitative estimate of drug-likeness (QED) is 0.297. The smallest absolute Gasteiger partial charge is 0.191 e. The van der Waals surface area contributed by atoms with E-state index in [0.717, 1.165) is 63.0 Å². The van der Waals surface area contributed by atoms with E-state index in [1.54, 1.807) is 14.2 Å². The normalized spacial score (nSPS) is 16.0.